The number of methoxy groups -OCH3 is 1. The number of rotatable bonds is 5. The van der Waals surface area contributed by atoms with Gasteiger partial charge in [0.25, 0.3) is 0 Å². The molecule has 2 bridgehead atoms. The largest absolute Gasteiger partial charge is 0.494 e. The standard InChI is InChI=1S/C24H31N3O/c1-3-9-17-10-6-4-5-7-11-18-14-19(17)21(26-18)15-23-24(28-2)16-22(27-23)20-12-8-13-25-20/h8,12-17,25-26H,3-7,9-11H2,1-2H3/b23-15+. The third kappa shape index (κ3) is 4.01. The van der Waals surface area contributed by atoms with Gasteiger partial charge in [0, 0.05) is 23.7 Å². The van der Waals surface area contributed by atoms with Crippen molar-refractivity contribution in [2.24, 2.45) is 4.99 Å². The van der Waals surface area contributed by atoms with Gasteiger partial charge in [0.05, 0.1) is 18.5 Å². The number of aromatic amines is 2. The van der Waals surface area contributed by atoms with Crippen LogP contribution in [0.1, 0.15) is 80.4 Å². The topological polar surface area (TPSA) is 53.2 Å². The highest BCUT2D eigenvalue weighted by molar-refractivity contribution is 6.11. The highest BCUT2D eigenvalue weighted by atomic mass is 16.5. The minimum Gasteiger partial charge on any atom is -0.494 e. The molecule has 0 saturated heterocycles. The number of nitrogens with one attached hydrogen (secondary N) is 2. The molecule has 0 saturated carbocycles. The molecule has 1 aliphatic carbocycles. The molecular formula is C24H31N3O. The fourth-order valence-electron chi connectivity index (χ4n) is 4.45. The summed E-state index contributed by atoms with van der Waals surface area (Å²) in [5, 5.41) is 0. The van der Waals surface area contributed by atoms with Crippen LogP contribution in [0.15, 0.2) is 46.9 Å². The van der Waals surface area contributed by atoms with E-state index < -0.39 is 0 Å². The van der Waals surface area contributed by atoms with E-state index in [4.69, 9.17) is 9.73 Å². The number of fused-ring (bicyclic) bond motifs is 2. The lowest BCUT2D eigenvalue weighted by molar-refractivity contribution is 0.303. The summed E-state index contributed by atoms with van der Waals surface area (Å²) in [7, 11) is 1.72. The zero-order chi connectivity index (χ0) is 19.3. The molecule has 2 aromatic rings. The van der Waals surface area contributed by atoms with Gasteiger partial charge >= 0.3 is 0 Å². The summed E-state index contributed by atoms with van der Waals surface area (Å²) >= 11 is 0. The van der Waals surface area contributed by atoms with E-state index in [1.165, 1.54) is 61.9 Å². The molecule has 2 aromatic heterocycles. The van der Waals surface area contributed by atoms with Gasteiger partial charge in [0.1, 0.15) is 11.5 Å². The van der Waals surface area contributed by atoms with E-state index >= 15 is 0 Å². The molecule has 0 amide bonds. The number of nitrogens with zero attached hydrogens (tertiary/aromatic N) is 1. The molecule has 0 aromatic carbocycles. The van der Waals surface area contributed by atoms with Gasteiger partial charge in [-0.15, -0.1) is 0 Å². The molecule has 2 aliphatic rings. The van der Waals surface area contributed by atoms with Gasteiger partial charge in [-0.25, -0.2) is 4.99 Å². The molecule has 1 unspecified atom stereocenters. The van der Waals surface area contributed by atoms with Crippen molar-refractivity contribution in [2.75, 3.05) is 7.11 Å². The number of H-pyrrole nitrogens is 2. The van der Waals surface area contributed by atoms with Crippen molar-refractivity contribution in [3.05, 3.63) is 64.6 Å². The van der Waals surface area contributed by atoms with Crippen LogP contribution in [-0.4, -0.2) is 22.8 Å². The van der Waals surface area contributed by atoms with E-state index in [2.05, 4.69) is 29.0 Å². The van der Waals surface area contributed by atoms with Gasteiger partial charge in [-0.2, -0.15) is 0 Å². The molecule has 1 aliphatic heterocycles. The fraction of sp³-hybridized carbons (Fsp3) is 0.458. The van der Waals surface area contributed by atoms with Crippen molar-refractivity contribution in [1.29, 1.82) is 0 Å². The maximum atomic E-state index is 5.63. The lowest BCUT2D eigenvalue weighted by atomic mass is 9.88. The first-order valence-corrected chi connectivity index (χ1v) is 10.7. The first-order chi connectivity index (χ1) is 13.8. The quantitative estimate of drug-likeness (QED) is 0.649. The van der Waals surface area contributed by atoms with Crippen molar-refractivity contribution >= 4 is 11.8 Å². The van der Waals surface area contributed by atoms with Gasteiger partial charge in [-0.05, 0) is 61.4 Å². The molecule has 1 atom stereocenters. The predicted octanol–water partition coefficient (Wildman–Crippen LogP) is 6.11. The summed E-state index contributed by atoms with van der Waals surface area (Å²) in [6, 6.07) is 6.45. The molecule has 4 heteroatoms. The van der Waals surface area contributed by atoms with Gasteiger partial charge in [0.2, 0.25) is 0 Å². The van der Waals surface area contributed by atoms with E-state index in [0.717, 1.165) is 29.3 Å². The third-order valence-electron chi connectivity index (χ3n) is 5.90. The second-order valence-corrected chi connectivity index (χ2v) is 7.93. The molecule has 3 heterocycles. The number of hydrogen-bond acceptors (Lipinski definition) is 2. The Balaban J connectivity index is 1.72. The van der Waals surface area contributed by atoms with Gasteiger partial charge < -0.3 is 14.7 Å². The normalized spacial score (nSPS) is 21.5. The number of ether oxygens (including phenoxy) is 1. The van der Waals surface area contributed by atoms with Crippen LogP contribution >= 0.6 is 0 Å². The van der Waals surface area contributed by atoms with Crippen LogP contribution in [-0.2, 0) is 11.2 Å². The fourth-order valence-corrected chi connectivity index (χ4v) is 4.45. The highest BCUT2D eigenvalue weighted by Crippen LogP contribution is 2.34. The highest BCUT2D eigenvalue weighted by Gasteiger charge is 2.21. The first-order valence-electron chi connectivity index (χ1n) is 10.7. The Morgan fingerprint density at radius 2 is 2.14 bits per heavy atom. The zero-order valence-electron chi connectivity index (χ0n) is 17.1. The molecule has 2 N–H and O–H groups in total. The number of aryl methyl sites for hydroxylation is 1. The summed E-state index contributed by atoms with van der Waals surface area (Å²) < 4.78 is 5.63. The average Bonchev–Trinajstić information content (AvgIpc) is 3.43. The van der Waals surface area contributed by atoms with Crippen LogP contribution in [0.25, 0.3) is 6.08 Å². The molecule has 28 heavy (non-hydrogen) atoms. The molecule has 0 radical (unpaired) electrons. The van der Waals surface area contributed by atoms with E-state index in [-0.39, 0.29) is 0 Å². The maximum absolute atomic E-state index is 5.63. The van der Waals surface area contributed by atoms with Crippen LogP contribution in [0.4, 0.5) is 0 Å². The summed E-state index contributed by atoms with van der Waals surface area (Å²) in [5.74, 6) is 1.45. The van der Waals surface area contributed by atoms with E-state index in [9.17, 15) is 0 Å². The van der Waals surface area contributed by atoms with E-state index in [1.807, 2.05) is 24.4 Å². The van der Waals surface area contributed by atoms with E-state index in [0.29, 0.717) is 5.92 Å². The Kier molecular flexibility index (Phi) is 5.84. The smallest absolute Gasteiger partial charge is 0.146 e. The summed E-state index contributed by atoms with van der Waals surface area (Å²) in [4.78, 5) is 11.8. The molecule has 148 valence electrons. The Morgan fingerprint density at radius 1 is 1.25 bits per heavy atom. The van der Waals surface area contributed by atoms with Crippen molar-refractivity contribution < 1.29 is 4.74 Å². The Labute approximate surface area is 167 Å². The van der Waals surface area contributed by atoms with Crippen molar-refractivity contribution in [2.45, 2.75) is 64.2 Å². The lowest BCUT2D eigenvalue weighted by Gasteiger charge is -2.17. The molecule has 0 fully saturated rings. The third-order valence-corrected chi connectivity index (χ3v) is 5.90. The maximum Gasteiger partial charge on any atom is 0.146 e. The minimum atomic E-state index is 0.628. The van der Waals surface area contributed by atoms with Gasteiger partial charge in [0.15, 0.2) is 0 Å². The van der Waals surface area contributed by atoms with Crippen LogP contribution in [0.5, 0.6) is 0 Å². The SMILES string of the molecule is CCCC1CCCCCCc2cc1c(/C=C1/N=C(c3ccc[nH]3)C=C1OC)[nH]2. The second kappa shape index (κ2) is 8.68. The summed E-state index contributed by atoms with van der Waals surface area (Å²) in [5.41, 5.74) is 6.87. The number of aromatic nitrogens is 2. The van der Waals surface area contributed by atoms with Gasteiger partial charge in [-0.3, -0.25) is 0 Å². The Morgan fingerprint density at radius 3 is 2.93 bits per heavy atom. The molecule has 4 rings (SSSR count). The van der Waals surface area contributed by atoms with Crippen LogP contribution in [0, 0.1) is 0 Å². The minimum absolute atomic E-state index is 0.628. The van der Waals surface area contributed by atoms with Crippen LogP contribution in [0.3, 0.4) is 0 Å². The molecular weight excluding hydrogens is 346 g/mol. The first kappa shape index (κ1) is 18.9. The Hall–Kier alpha value is -2.49. The Bertz CT molecular complexity index is 883. The molecule has 0 spiro atoms. The van der Waals surface area contributed by atoms with Crippen molar-refractivity contribution in [3.63, 3.8) is 0 Å². The number of allylic oxidation sites excluding steroid dienone is 1. The van der Waals surface area contributed by atoms with E-state index in [1.54, 1.807) is 7.11 Å². The van der Waals surface area contributed by atoms with Crippen LogP contribution < -0.4 is 0 Å². The second-order valence-electron chi connectivity index (χ2n) is 7.93. The van der Waals surface area contributed by atoms with Crippen molar-refractivity contribution in [3.8, 4) is 0 Å². The van der Waals surface area contributed by atoms with Crippen LogP contribution in [0.2, 0.25) is 0 Å². The van der Waals surface area contributed by atoms with Gasteiger partial charge in [-0.1, -0.05) is 32.6 Å². The van der Waals surface area contributed by atoms with Crippen molar-refractivity contribution in [1.82, 2.24) is 9.97 Å². The monoisotopic (exact) mass is 377 g/mol. The number of aliphatic imine (C=N–C) groups is 1. The number of hydrogen-bond donors (Lipinski definition) is 2. The summed E-state index contributed by atoms with van der Waals surface area (Å²) in [6.45, 7) is 2.29. The average molecular weight is 378 g/mol. The lowest BCUT2D eigenvalue weighted by Crippen LogP contribution is -2.01. The summed E-state index contributed by atoms with van der Waals surface area (Å²) in [6.07, 6.45) is 16.3. The zero-order valence-corrected chi connectivity index (χ0v) is 17.1. The predicted molar refractivity (Wildman–Crippen MR) is 116 cm³/mol. The molecule has 4 nitrogen and oxygen atoms in total.